The second-order valence-electron chi connectivity index (χ2n) is 5.80. The second kappa shape index (κ2) is 5.29. The van der Waals surface area contributed by atoms with Crippen molar-refractivity contribution in [2.75, 3.05) is 0 Å². The number of rotatable bonds is 4. The molecule has 4 rings (SSSR count). The summed E-state index contributed by atoms with van der Waals surface area (Å²) in [6, 6.07) is 0. The topological polar surface area (TPSA) is 95.7 Å². The quantitative estimate of drug-likeness (QED) is 0.786. The first-order valence-electron chi connectivity index (χ1n) is 7.32. The second-order valence-corrected chi connectivity index (χ2v) is 8.40. The number of hydrogen-bond donors (Lipinski definition) is 2. The molecule has 1 fully saturated rings. The van der Waals surface area contributed by atoms with Crippen LogP contribution in [0.4, 0.5) is 0 Å². The number of aliphatic hydroxyl groups is 1. The van der Waals surface area contributed by atoms with E-state index in [2.05, 4.69) is 9.55 Å². The number of aryl methyl sites for hydroxylation is 1. The van der Waals surface area contributed by atoms with Gasteiger partial charge in [-0.3, -0.25) is 9.69 Å². The summed E-state index contributed by atoms with van der Waals surface area (Å²) in [6.07, 6.45) is 3.78. The number of carboxylic acid groups (broad SMARTS) is 1. The van der Waals surface area contributed by atoms with E-state index >= 15 is 0 Å². The zero-order valence-corrected chi connectivity index (χ0v) is 13.9. The number of carbonyl (C=O) groups excluding carboxylic acids is 1. The highest BCUT2D eigenvalue weighted by Gasteiger charge is 2.58. The third kappa shape index (κ3) is 2.14. The molecule has 122 valence electrons. The summed E-state index contributed by atoms with van der Waals surface area (Å²) in [5.74, 6) is -0.988. The maximum Gasteiger partial charge on any atom is 0.354 e. The summed E-state index contributed by atoms with van der Waals surface area (Å²) < 4.78 is 2.71. The molecule has 0 radical (unpaired) electrons. The van der Waals surface area contributed by atoms with Gasteiger partial charge in [-0.1, -0.05) is 11.8 Å². The Bertz CT molecular complexity index is 729. The molecule has 0 aromatic carbocycles. The fourth-order valence-electron chi connectivity index (χ4n) is 3.26. The summed E-state index contributed by atoms with van der Waals surface area (Å²) in [4.78, 5) is 29.5. The minimum absolute atomic E-state index is 0.0527. The molecule has 3 aliphatic rings. The van der Waals surface area contributed by atoms with Crippen molar-refractivity contribution in [2.24, 2.45) is 5.92 Å². The molecule has 1 aromatic heterocycles. The van der Waals surface area contributed by atoms with Gasteiger partial charge in [-0.2, -0.15) is 0 Å². The van der Waals surface area contributed by atoms with Gasteiger partial charge >= 0.3 is 5.97 Å². The van der Waals surface area contributed by atoms with Crippen LogP contribution in [-0.2, 0) is 16.1 Å². The Balaban J connectivity index is 1.61. The van der Waals surface area contributed by atoms with Gasteiger partial charge in [0.25, 0.3) is 0 Å². The highest BCUT2D eigenvalue weighted by molar-refractivity contribution is 8.22. The van der Waals surface area contributed by atoms with Crippen LogP contribution in [0, 0.1) is 5.92 Å². The summed E-state index contributed by atoms with van der Waals surface area (Å²) in [6.45, 7) is 2.44. The monoisotopic (exact) mass is 353 g/mol. The van der Waals surface area contributed by atoms with Gasteiger partial charge in [0.2, 0.25) is 5.91 Å². The standard InChI is InChI=1S/C14H15N3O4S2/c1-6(18)8-11(19)17-9(13(20)21)14(23-12(8)17)22-7-2-4-16-5-3-15-10(7)16/h3,5-8,12,18H,2,4H2,1H3,(H,20,21)/t6-,7?,8+,12-/m1/s1. The van der Waals surface area contributed by atoms with Crippen molar-refractivity contribution < 1.29 is 19.8 Å². The number of carboxylic acids is 1. The molecular formula is C14H15N3O4S2. The van der Waals surface area contributed by atoms with Crippen molar-refractivity contribution in [3.63, 3.8) is 0 Å². The molecule has 23 heavy (non-hydrogen) atoms. The van der Waals surface area contributed by atoms with E-state index in [1.54, 1.807) is 13.1 Å². The van der Waals surface area contributed by atoms with Gasteiger partial charge in [-0.15, -0.1) is 11.8 Å². The summed E-state index contributed by atoms with van der Waals surface area (Å²) in [5, 5.41) is 19.0. The van der Waals surface area contributed by atoms with Crippen molar-refractivity contribution in [3.8, 4) is 0 Å². The van der Waals surface area contributed by atoms with Gasteiger partial charge in [0.1, 0.15) is 11.2 Å². The van der Waals surface area contributed by atoms with Crippen LogP contribution in [-0.4, -0.2) is 48.0 Å². The molecule has 4 heterocycles. The molecule has 1 amide bonds. The van der Waals surface area contributed by atoms with Crippen LogP contribution in [0.2, 0.25) is 0 Å². The molecule has 9 heteroatoms. The first-order chi connectivity index (χ1) is 11.0. The first kappa shape index (κ1) is 15.1. The fourth-order valence-corrected chi connectivity index (χ4v) is 6.53. The minimum atomic E-state index is -1.10. The Morgan fingerprint density at radius 2 is 2.35 bits per heavy atom. The van der Waals surface area contributed by atoms with Crippen molar-refractivity contribution in [1.82, 2.24) is 14.5 Å². The van der Waals surface area contributed by atoms with Crippen LogP contribution in [0.5, 0.6) is 0 Å². The predicted molar refractivity (Wildman–Crippen MR) is 85.2 cm³/mol. The Kier molecular flexibility index (Phi) is 3.47. The van der Waals surface area contributed by atoms with Gasteiger partial charge in [0.15, 0.2) is 5.70 Å². The van der Waals surface area contributed by atoms with E-state index in [4.69, 9.17) is 0 Å². The van der Waals surface area contributed by atoms with E-state index < -0.39 is 18.0 Å². The number of nitrogens with zero attached hydrogens (tertiary/aromatic N) is 3. The fraction of sp³-hybridized carbons (Fsp3) is 0.500. The summed E-state index contributed by atoms with van der Waals surface area (Å²) in [5.41, 5.74) is 0.0527. The number of aromatic nitrogens is 2. The van der Waals surface area contributed by atoms with Crippen molar-refractivity contribution in [2.45, 2.75) is 36.6 Å². The summed E-state index contributed by atoms with van der Waals surface area (Å²) >= 11 is 2.84. The van der Waals surface area contributed by atoms with Crippen LogP contribution in [0.1, 0.15) is 24.4 Å². The number of fused-ring (bicyclic) bond motifs is 2. The Morgan fingerprint density at radius 1 is 1.57 bits per heavy atom. The molecule has 0 bridgehead atoms. The highest BCUT2D eigenvalue weighted by atomic mass is 32.2. The van der Waals surface area contributed by atoms with Crippen LogP contribution in [0.15, 0.2) is 22.3 Å². The summed E-state index contributed by atoms with van der Waals surface area (Å²) in [7, 11) is 0. The highest BCUT2D eigenvalue weighted by Crippen LogP contribution is 2.57. The third-order valence-corrected chi connectivity index (χ3v) is 7.25. The number of amides is 1. The normalized spacial score (nSPS) is 30.3. The maximum absolute atomic E-state index is 12.2. The molecule has 0 aliphatic carbocycles. The van der Waals surface area contributed by atoms with E-state index in [9.17, 15) is 19.8 Å². The lowest BCUT2D eigenvalue weighted by molar-refractivity contribution is -0.156. The zero-order chi connectivity index (χ0) is 16.3. The molecule has 4 atom stereocenters. The lowest BCUT2D eigenvalue weighted by Crippen LogP contribution is -2.60. The Morgan fingerprint density at radius 3 is 3.04 bits per heavy atom. The predicted octanol–water partition coefficient (Wildman–Crippen LogP) is 1.23. The molecule has 1 saturated heterocycles. The van der Waals surface area contributed by atoms with Gasteiger partial charge in [-0.05, 0) is 13.3 Å². The lowest BCUT2D eigenvalue weighted by atomic mass is 9.92. The van der Waals surface area contributed by atoms with Crippen LogP contribution in [0.3, 0.4) is 0 Å². The smallest absolute Gasteiger partial charge is 0.354 e. The molecule has 2 N–H and O–H groups in total. The molecule has 7 nitrogen and oxygen atoms in total. The number of hydrogen-bond acceptors (Lipinski definition) is 6. The maximum atomic E-state index is 12.2. The SMILES string of the molecule is C[C@@H](O)[C@H]1C(=O)N2C(C(=O)O)=C(SC3CCn4ccnc43)S[C@H]12. The van der Waals surface area contributed by atoms with Gasteiger partial charge in [0.05, 0.1) is 21.5 Å². The Hall–Kier alpha value is -1.45. The Labute approximate surface area is 140 Å². The number of imidazole rings is 1. The van der Waals surface area contributed by atoms with E-state index in [1.807, 2.05) is 6.20 Å². The third-order valence-electron chi connectivity index (χ3n) is 4.39. The average molecular weight is 353 g/mol. The van der Waals surface area contributed by atoms with Crippen LogP contribution < -0.4 is 0 Å². The van der Waals surface area contributed by atoms with Crippen molar-refractivity contribution in [3.05, 3.63) is 28.2 Å². The molecule has 0 spiro atoms. The largest absolute Gasteiger partial charge is 0.477 e. The van der Waals surface area contributed by atoms with Gasteiger partial charge in [0, 0.05) is 18.9 Å². The van der Waals surface area contributed by atoms with E-state index in [0.29, 0.717) is 4.24 Å². The van der Waals surface area contributed by atoms with Gasteiger partial charge < -0.3 is 14.8 Å². The molecule has 1 aromatic rings. The molecule has 1 unspecified atom stereocenters. The number of aliphatic hydroxyl groups excluding tert-OH is 1. The number of aliphatic carboxylic acids is 1. The minimum Gasteiger partial charge on any atom is -0.477 e. The number of thioether (sulfide) groups is 2. The number of β-lactam (4-membered cyclic amide) rings is 1. The molecular weight excluding hydrogens is 338 g/mol. The first-order valence-corrected chi connectivity index (χ1v) is 9.08. The van der Waals surface area contributed by atoms with E-state index in [0.717, 1.165) is 18.8 Å². The van der Waals surface area contributed by atoms with Crippen LogP contribution >= 0.6 is 23.5 Å². The van der Waals surface area contributed by atoms with Crippen molar-refractivity contribution >= 4 is 35.4 Å². The van der Waals surface area contributed by atoms with Crippen LogP contribution in [0.25, 0.3) is 0 Å². The van der Waals surface area contributed by atoms with E-state index in [1.165, 1.54) is 28.4 Å². The lowest BCUT2D eigenvalue weighted by Gasteiger charge is -2.43. The van der Waals surface area contributed by atoms with Gasteiger partial charge in [-0.25, -0.2) is 9.78 Å². The zero-order valence-electron chi connectivity index (χ0n) is 12.2. The van der Waals surface area contributed by atoms with E-state index in [-0.39, 0.29) is 22.2 Å². The van der Waals surface area contributed by atoms with Crippen molar-refractivity contribution in [1.29, 1.82) is 0 Å². The number of carbonyl (C=O) groups is 2. The molecule has 0 saturated carbocycles. The average Bonchev–Trinajstić information content (AvgIpc) is 3.13. The molecule has 3 aliphatic heterocycles.